The van der Waals surface area contributed by atoms with Gasteiger partial charge in [0.05, 0.1) is 10.9 Å². The Morgan fingerprint density at radius 1 is 1.23 bits per heavy atom. The van der Waals surface area contributed by atoms with Gasteiger partial charge in [-0.3, -0.25) is 4.79 Å². The highest BCUT2D eigenvalue weighted by atomic mass is 19.1. The molecule has 2 fully saturated rings. The minimum atomic E-state index is -0.267. The fourth-order valence-corrected chi connectivity index (χ4v) is 4.60. The number of piperidine rings is 1. The van der Waals surface area contributed by atoms with Gasteiger partial charge in [-0.05, 0) is 56.4 Å². The second-order valence-corrected chi connectivity index (χ2v) is 7.81. The molecule has 1 atom stereocenters. The van der Waals surface area contributed by atoms with Crippen LogP contribution in [0.1, 0.15) is 38.2 Å². The first-order chi connectivity index (χ1) is 12.5. The first-order valence-electron chi connectivity index (χ1n) is 9.64. The number of hydrogen-bond donors (Lipinski definition) is 0. The predicted molar refractivity (Wildman–Crippen MR) is 102 cm³/mol. The van der Waals surface area contributed by atoms with Crippen molar-refractivity contribution in [2.75, 3.05) is 31.1 Å². The molecule has 2 saturated heterocycles. The van der Waals surface area contributed by atoms with E-state index in [1.165, 1.54) is 12.1 Å². The Kier molecular flexibility index (Phi) is 4.33. The van der Waals surface area contributed by atoms with Gasteiger partial charge in [-0.1, -0.05) is 6.92 Å². The van der Waals surface area contributed by atoms with Gasteiger partial charge in [0, 0.05) is 37.6 Å². The number of likely N-dealkylation sites (tertiary alicyclic amines) is 1. The van der Waals surface area contributed by atoms with Crippen molar-refractivity contribution < 1.29 is 9.18 Å². The molecule has 4 nitrogen and oxygen atoms in total. The second kappa shape index (κ2) is 6.53. The molecule has 5 heteroatoms. The minimum Gasteiger partial charge on any atom is -0.355 e. The maximum Gasteiger partial charge on any atom is 0.230 e. The van der Waals surface area contributed by atoms with E-state index in [-0.39, 0.29) is 11.2 Å². The second-order valence-electron chi connectivity index (χ2n) is 7.81. The Morgan fingerprint density at radius 3 is 2.88 bits per heavy atom. The lowest BCUT2D eigenvalue weighted by Gasteiger charge is -2.39. The molecule has 2 aliphatic heterocycles. The summed E-state index contributed by atoms with van der Waals surface area (Å²) in [4.78, 5) is 22.0. The molecule has 1 spiro atoms. The number of rotatable bonds is 3. The Morgan fingerprint density at radius 2 is 2.08 bits per heavy atom. The fraction of sp³-hybridized carbons (Fsp3) is 0.524. The van der Waals surface area contributed by atoms with Crippen molar-refractivity contribution in [1.29, 1.82) is 0 Å². The predicted octanol–water partition coefficient (Wildman–Crippen LogP) is 3.91. The lowest BCUT2D eigenvalue weighted by Crippen LogP contribution is -2.50. The van der Waals surface area contributed by atoms with Crippen LogP contribution in [0.5, 0.6) is 0 Å². The van der Waals surface area contributed by atoms with Crippen molar-refractivity contribution in [1.82, 2.24) is 9.88 Å². The van der Waals surface area contributed by atoms with E-state index in [9.17, 15) is 9.18 Å². The Hall–Kier alpha value is -2.17. The molecule has 1 aromatic carbocycles. The van der Waals surface area contributed by atoms with Crippen LogP contribution in [0.2, 0.25) is 0 Å². The zero-order valence-corrected chi connectivity index (χ0v) is 15.6. The summed E-state index contributed by atoms with van der Waals surface area (Å²) in [6.07, 6.45) is 3.93. The Bertz CT molecular complexity index is 851. The monoisotopic (exact) mass is 355 g/mol. The number of halogens is 1. The number of nitrogens with zero attached hydrogens (tertiary/aromatic N) is 3. The number of carbonyl (C=O) groups excluding carboxylic acids is 1. The molecule has 0 aliphatic carbocycles. The third kappa shape index (κ3) is 2.83. The average Bonchev–Trinajstić information content (AvgIpc) is 3.04. The summed E-state index contributed by atoms with van der Waals surface area (Å²) >= 11 is 0. The summed E-state index contributed by atoms with van der Waals surface area (Å²) < 4.78 is 13.6. The van der Waals surface area contributed by atoms with Gasteiger partial charge < -0.3 is 9.80 Å². The van der Waals surface area contributed by atoms with E-state index < -0.39 is 0 Å². The zero-order chi connectivity index (χ0) is 18.3. The summed E-state index contributed by atoms with van der Waals surface area (Å²) in [5.74, 6) is 0.909. The smallest absolute Gasteiger partial charge is 0.230 e. The third-order valence-corrected chi connectivity index (χ3v) is 5.96. The summed E-state index contributed by atoms with van der Waals surface area (Å²) in [7, 11) is 0. The van der Waals surface area contributed by atoms with Crippen molar-refractivity contribution in [3.63, 3.8) is 0 Å². The van der Waals surface area contributed by atoms with Crippen LogP contribution in [0, 0.1) is 18.2 Å². The van der Waals surface area contributed by atoms with Gasteiger partial charge in [-0.2, -0.15) is 0 Å². The Balaban J connectivity index is 1.62. The first kappa shape index (κ1) is 17.3. The number of pyridine rings is 1. The number of hydrogen-bond acceptors (Lipinski definition) is 3. The number of carbonyl (C=O) groups is 1. The molecule has 0 saturated carbocycles. The van der Waals surface area contributed by atoms with E-state index in [1.807, 2.05) is 11.8 Å². The average molecular weight is 355 g/mol. The lowest BCUT2D eigenvalue weighted by molar-refractivity contribution is -0.145. The van der Waals surface area contributed by atoms with Gasteiger partial charge in [-0.25, -0.2) is 9.37 Å². The van der Waals surface area contributed by atoms with Crippen LogP contribution < -0.4 is 4.90 Å². The molecule has 1 unspecified atom stereocenters. The lowest BCUT2D eigenvalue weighted by atomic mass is 9.78. The molecule has 0 bridgehead atoms. The van der Waals surface area contributed by atoms with Crippen LogP contribution >= 0.6 is 0 Å². The van der Waals surface area contributed by atoms with Gasteiger partial charge in [-0.15, -0.1) is 0 Å². The largest absolute Gasteiger partial charge is 0.355 e. The molecular weight excluding hydrogens is 329 g/mol. The van der Waals surface area contributed by atoms with Crippen molar-refractivity contribution in [2.45, 2.75) is 39.5 Å². The Labute approximate surface area is 154 Å². The summed E-state index contributed by atoms with van der Waals surface area (Å²) in [5, 5.41) is 0.979. The van der Waals surface area contributed by atoms with E-state index in [2.05, 4.69) is 17.9 Å². The van der Waals surface area contributed by atoms with Crippen molar-refractivity contribution in [2.24, 2.45) is 5.41 Å². The number of fused-ring (bicyclic) bond motifs is 1. The van der Waals surface area contributed by atoms with E-state index in [0.717, 1.165) is 68.6 Å². The number of anilines is 1. The molecular formula is C21H26FN3O. The van der Waals surface area contributed by atoms with Crippen LogP contribution in [0.3, 0.4) is 0 Å². The maximum absolute atomic E-state index is 13.6. The van der Waals surface area contributed by atoms with E-state index in [4.69, 9.17) is 4.98 Å². The quantitative estimate of drug-likeness (QED) is 0.837. The van der Waals surface area contributed by atoms with Gasteiger partial charge in [0.25, 0.3) is 0 Å². The molecule has 26 heavy (non-hydrogen) atoms. The highest BCUT2D eigenvalue weighted by Gasteiger charge is 2.48. The van der Waals surface area contributed by atoms with Crippen molar-refractivity contribution >= 4 is 22.6 Å². The zero-order valence-electron chi connectivity index (χ0n) is 15.6. The minimum absolute atomic E-state index is 0.264. The van der Waals surface area contributed by atoms with E-state index in [0.29, 0.717) is 11.4 Å². The molecule has 0 N–H and O–H groups in total. The first-order valence-corrected chi connectivity index (χ1v) is 9.64. The van der Waals surface area contributed by atoms with Gasteiger partial charge in [0.1, 0.15) is 11.6 Å². The number of benzene rings is 1. The molecule has 2 aliphatic rings. The molecule has 138 valence electrons. The van der Waals surface area contributed by atoms with E-state index >= 15 is 0 Å². The van der Waals surface area contributed by atoms with Crippen LogP contribution in [-0.4, -0.2) is 42.0 Å². The molecule has 3 heterocycles. The van der Waals surface area contributed by atoms with Crippen LogP contribution in [0.4, 0.5) is 10.2 Å². The normalized spacial score (nSPS) is 23.4. The van der Waals surface area contributed by atoms with Crippen molar-refractivity contribution in [3.8, 4) is 0 Å². The molecule has 1 amide bonds. The highest BCUT2D eigenvalue weighted by Crippen LogP contribution is 2.41. The van der Waals surface area contributed by atoms with E-state index in [1.54, 1.807) is 6.07 Å². The topological polar surface area (TPSA) is 36.4 Å². The fourth-order valence-electron chi connectivity index (χ4n) is 4.60. The number of aryl methyl sites for hydroxylation is 1. The summed E-state index contributed by atoms with van der Waals surface area (Å²) in [6.45, 7) is 7.45. The van der Waals surface area contributed by atoms with Gasteiger partial charge >= 0.3 is 0 Å². The summed E-state index contributed by atoms with van der Waals surface area (Å²) in [5.41, 5.74) is 1.51. The number of aromatic nitrogens is 1. The van der Waals surface area contributed by atoms with Crippen LogP contribution in [0.15, 0.2) is 24.3 Å². The van der Waals surface area contributed by atoms with Crippen molar-refractivity contribution in [3.05, 3.63) is 35.6 Å². The van der Waals surface area contributed by atoms with Gasteiger partial charge in [0.2, 0.25) is 5.91 Å². The molecule has 1 aromatic heterocycles. The van der Waals surface area contributed by atoms with Crippen LogP contribution in [0.25, 0.3) is 10.9 Å². The maximum atomic E-state index is 13.6. The summed E-state index contributed by atoms with van der Waals surface area (Å²) in [6, 6.07) is 6.82. The molecule has 0 radical (unpaired) electrons. The molecule has 4 rings (SSSR count). The molecule has 2 aromatic rings. The van der Waals surface area contributed by atoms with Gasteiger partial charge in [0.15, 0.2) is 0 Å². The third-order valence-electron chi connectivity index (χ3n) is 5.96. The standard InChI is InChI=1S/C21H26FN3O/c1-3-9-24-10-4-7-21(20(24)26)8-11-25(14-21)19-12-15(2)17-6-5-16(22)13-18(17)23-19/h5-6,12-13H,3-4,7-11,14H2,1-2H3. The SMILES string of the molecule is CCCN1CCCC2(CCN(c3cc(C)c4ccc(F)cc4n3)C2)C1=O. The number of amides is 1. The van der Waals surface area contributed by atoms with Crippen LogP contribution in [-0.2, 0) is 4.79 Å². The highest BCUT2D eigenvalue weighted by molar-refractivity contribution is 5.86.